The number of thiophene rings is 1. The van der Waals surface area contributed by atoms with Crippen molar-refractivity contribution < 1.29 is 9.18 Å². The second kappa shape index (κ2) is 5.59. The molecular weight excluding hydrogens is 332 g/mol. The number of fused-ring (bicyclic) bond motifs is 1. The lowest BCUT2D eigenvalue weighted by atomic mass is 9.98. The molecule has 1 aromatic carbocycles. The largest absolute Gasteiger partial charge is 0.326 e. The van der Waals surface area contributed by atoms with Crippen LogP contribution in [0.15, 0.2) is 17.5 Å². The molecule has 21 heavy (non-hydrogen) atoms. The second-order valence-electron chi connectivity index (χ2n) is 5.04. The molecule has 3 rings (SSSR count). The van der Waals surface area contributed by atoms with Crippen molar-refractivity contribution in [1.29, 1.82) is 0 Å². The molecule has 0 fully saturated rings. The molecule has 0 bridgehead atoms. The molecule has 6 heteroatoms. The van der Waals surface area contributed by atoms with Crippen molar-refractivity contribution in [2.45, 2.75) is 25.1 Å². The van der Waals surface area contributed by atoms with Crippen molar-refractivity contribution in [3.8, 4) is 0 Å². The average molecular weight is 344 g/mol. The number of benzene rings is 1. The number of carbonyl (C=O) groups is 1. The first-order valence-electron chi connectivity index (χ1n) is 6.47. The summed E-state index contributed by atoms with van der Waals surface area (Å²) in [5.74, 6) is -0.521. The Hall–Kier alpha value is -1.10. The molecule has 1 unspecified atom stereocenters. The molecule has 1 aromatic heterocycles. The molecule has 1 amide bonds. The van der Waals surface area contributed by atoms with E-state index in [1.165, 1.54) is 17.4 Å². The van der Waals surface area contributed by atoms with Gasteiger partial charge in [-0.25, -0.2) is 4.39 Å². The van der Waals surface area contributed by atoms with E-state index in [4.69, 9.17) is 23.2 Å². The van der Waals surface area contributed by atoms with Gasteiger partial charge >= 0.3 is 0 Å². The Morgan fingerprint density at radius 2 is 2.14 bits per heavy atom. The Morgan fingerprint density at radius 3 is 2.81 bits per heavy atom. The van der Waals surface area contributed by atoms with E-state index < -0.39 is 11.2 Å². The van der Waals surface area contributed by atoms with Crippen LogP contribution in [0.3, 0.4) is 0 Å². The average Bonchev–Trinajstić information content (AvgIpc) is 2.77. The number of nitrogens with one attached hydrogen (secondary N) is 1. The van der Waals surface area contributed by atoms with Crippen molar-refractivity contribution >= 4 is 46.1 Å². The summed E-state index contributed by atoms with van der Waals surface area (Å²) in [6, 6.07) is 3.07. The standard InChI is InChI=1S/C15H12Cl2FNOS/c1-7-6-21-15(13(7)16)14(17)9-4-8-2-3-12(20)19-11(8)5-10(9)18/h4-6,14H,2-3H2,1H3,(H,19,20). The number of rotatable bonds is 2. The molecule has 1 aliphatic rings. The van der Waals surface area contributed by atoms with Crippen LogP contribution in [0.5, 0.6) is 0 Å². The highest BCUT2D eigenvalue weighted by Gasteiger charge is 2.24. The molecule has 0 saturated carbocycles. The van der Waals surface area contributed by atoms with Crippen LogP contribution in [-0.4, -0.2) is 5.91 Å². The summed E-state index contributed by atoms with van der Waals surface area (Å²) < 4.78 is 14.3. The zero-order valence-corrected chi connectivity index (χ0v) is 13.5. The van der Waals surface area contributed by atoms with Crippen molar-refractivity contribution in [2.24, 2.45) is 0 Å². The molecule has 2 aromatic rings. The maximum absolute atomic E-state index is 14.3. The molecule has 1 aliphatic heterocycles. The van der Waals surface area contributed by atoms with Gasteiger partial charge in [0.1, 0.15) is 5.82 Å². The maximum atomic E-state index is 14.3. The smallest absolute Gasteiger partial charge is 0.224 e. The molecule has 0 saturated heterocycles. The van der Waals surface area contributed by atoms with E-state index >= 15 is 0 Å². The summed E-state index contributed by atoms with van der Waals surface area (Å²) in [4.78, 5) is 12.1. The van der Waals surface area contributed by atoms with Crippen LogP contribution in [0.25, 0.3) is 0 Å². The number of alkyl halides is 1. The Kier molecular flexibility index (Phi) is 3.95. The zero-order valence-electron chi connectivity index (χ0n) is 11.2. The van der Waals surface area contributed by atoms with E-state index in [2.05, 4.69) is 5.32 Å². The molecule has 0 radical (unpaired) electrons. The fraction of sp³-hybridized carbons (Fsp3) is 0.267. The van der Waals surface area contributed by atoms with E-state index in [9.17, 15) is 9.18 Å². The minimum Gasteiger partial charge on any atom is -0.326 e. The number of hydrogen-bond acceptors (Lipinski definition) is 2. The maximum Gasteiger partial charge on any atom is 0.224 e. The van der Waals surface area contributed by atoms with E-state index in [1.54, 1.807) is 6.07 Å². The van der Waals surface area contributed by atoms with Gasteiger partial charge in [-0.2, -0.15) is 0 Å². The molecule has 1 atom stereocenters. The molecule has 2 nitrogen and oxygen atoms in total. The summed E-state index contributed by atoms with van der Waals surface area (Å²) in [7, 11) is 0. The van der Waals surface area contributed by atoms with Gasteiger partial charge in [-0.3, -0.25) is 4.79 Å². The van der Waals surface area contributed by atoms with Gasteiger partial charge in [0, 0.05) is 22.5 Å². The van der Waals surface area contributed by atoms with E-state index in [1.807, 2.05) is 12.3 Å². The van der Waals surface area contributed by atoms with Gasteiger partial charge in [0.05, 0.1) is 10.4 Å². The van der Waals surface area contributed by atoms with E-state index in [0.717, 1.165) is 16.0 Å². The Labute approximate surface area is 135 Å². The SMILES string of the molecule is Cc1csc(C(Cl)c2cc3c(cc2F)NC(=O)CC3)c1Cl. The molecular formula is C15H12Cl2FNOS. The summed E-state index contributed by atoms with van der Waals surface area (Å²) in [6.07, 6.45) is 0.999. The van der Waals surface area contributed by atoms with Crippen molar-refractivity contribution in [3.05, 3.63) is 49.9 Å². The van der Waals surface area contributed by atoms with Gasteiger partial charge in [0.2, 0.25) is 5.91 Å². The van der Waals surface area contributed by atoms with Crippen LogP contribution in [0, 0.1) is 12.7 Å². The fourth-order valence-corrected chi connectivity index (χ4v) is 4.16. The van der Waals surface area contributed by atoms with Crippen LogP contribution < -0.4 is 5.32 Å². The highest BCUT2D eigenvalue weighted by molar-refractivity contribution is 7.11. The monoisotopic (exact) mass is 343 g/mol. The molecule has 1 N–H and O–H groups in total. The summed E-state index contributed by atoms with van der Waals surface area (Å²) in [5, 5.41) is 4.55. The van der Waals surface area contributed by atoms with Crippen LogP contribution in [0.4, 0.5) is 10.1 Å². The quantitative estimate of drug-likeness (QED) is 0.758. The normalized spacial score (nSPS) is 15.5. The number of halogens is 3. The number of amides is 1. The van der Waals surface area contributed by atoms with Crippen molar-refractivity contribution in [1.82, 2.24) is 0 Å². The number of aryl methyl sites for hydroxylation is 2. The van der Waals surface area contributed by atoms with E-state index in [-0.39, 0.29) is 5.91 Å². The van der Waals surface area contributed by atoms with Crippen LogP contribution in [0.2, 0.25) is 5.02 Å². The first-order valence-corrected chi connectivity index (χ1v) is 8.16. The van der Waals surface area contributed by atoms with Crippen LogP contribution in [0.1, 0.15) is 33.4 Å². The Balaban J connectivity index is 2.03. The lowest BCUT2D eigenvalue weighted by Crippen LogP contribution is -2.19. The predicted molar refractivity (Wildman–Crippen MR) is 85.1 cm³/mol. The molecule has 2 heterocycles. The fourth-order valence-electron chi connectivity index (χ4n) is 2.38. The molecule has 0 spiro atoms. The van der Waals surface area contributed by atoms with Crippen LogP contribution >= 0.6 is 34.5 Å². The third kappa shape index (κ3) is 2.68. The van der Waals surface area contributed by atoms with Gasteiger partial charge in [-0.05, 0) is 42.0 Å². The zero-order chi connectivity index (χ0) is 15.1. The Bertz CT molecular complexity index is 729. The van der Waals surface area contributed by atoms with Gasteiger partial charge in [0.25, 0.3) is 0 Å². The third-order valence-electron chi connectivity index (χ3n) is 3.55. The van der Waals surface area contributed by atoms with Crippen molar-refractivity contribution in [3.63, 3.8) is 0 Å². The minimum atomic E-state index is -0.626. The van der Waals surface area contributed by atoms with Gasteiger partial charge in [-0.1, -0.05) is 11.6 Å². The second-order valence-corrected chi connectivity index (χ2v) is 6.76. The molecule has 0 aliphatic carbocycles. The van der Waals surface area contributed by atoms with Gasteiger partial charge in [-0.15, -0.1) is 22.9 Å². The van der Waals surface area contributed by atoms with Gasteiger partial charge in [0.15, 0.2) is 0 Å². The first kappa shape index (κ1) is 14.8. The number of carbonyl (C=O) groups excluding carboxylic acids is 1. The third-order valence-corrected chi connectivity index (χ3v) is 5.91. The Morgan fingerprint density at radius 1 is 1.38 bits per heavy atom. The number of anilines is 1. The molecule has 110 valence electrons. The summed E-state index contributed by atoms with van der Waals surface area (Å²) >= 11 is 14.1. The minimum absolute atomic E-state index is 0.0889. The van der Waals surface area contributed by atoms with E-state index in [0.29, 0.717) is 29.1 Å². The van der Waals surface area contributed by atoms with Crippen LogP contribution in [-0.2, 0) is 11.2 Å². The number of hydrogen-bond donors (Lipinski definition) is 1. The lowest BCUT2D eigenvalue weighted by Gasteiger charge is -2.19. The predicted octanol–water partition coefficient (Wildman–Crippen LogP) is 5.06. The highest BCUT2D eigenvalue weighted by Crippen LogP contribution is 2.41. The lowest BCUT2D eigenvalue weighted by molar-refractivity contribution is -0.116. The highest BCUT2D eigenvalue weighted by atomic mass is 35.5. The topological polar surface area (TPSA) is 29.1 Å². The summed E-state index contributed by atoms with van der Waals surface area (Å²) in [5.41, 5.74) is 2.77. The summed E-state index contributed by atoms with van der Waals surface area (Å²) in [6.45, 7) is 1.89. The first-order chi connectivity index (χ1) is 9.97. The van der Waals surface area contributed by atoms with Gasteiger partial charge < -0.3 is 5.32 Å². The van der Waals surface area contributed by atoms with Crippen molar-refractivity contribution in [2.75, 3.05) is 5.32 Å².